The number of hydrogen-bond acceptors (Lipinski definition) is 7. The van der Waals surface area contributed by atoms with Crippen molar-refractivity contribution < 1.29 is 29.2 Å². The second-order valence-electron chi connectivity index (χ2n) is 15.4. The minimum Gasteiger partial charge on any atom is -0.492 e. The number of rotatable bonds is 6. The lowest BCUT2D eigenvalue weighted by atomic mass is 9.66. The van der Waals surface area contributed by atoms with Crippen LogP contribution in [0.5, 0.6) is 0 Å². The number of cyclic esters (lactones) is 1. The number of ether oxygens (including phenoxy) is 3. The minimum absolute atomic E-state index is 0.0647. The zero-order chi connectivity index (χ0) is 32.2. The van der Waals surface area contributed by atoms with Crippen LogP contribution in [0.25, 0.3) is 0 Å². The van der Waals surface area contributed by atoms with E-state index in [1.165, 1.54) is 38.4 Å². The van der Waals surface area contributed by atoms with E-state index < -0.39 is 18.7 Å². The van der Waals surface area contributed by atoms with Gasteiger partial charge in [0.05, 0.1) is 19.8 Å². The van der Waals surface area contributed by atoms with Gasteiger partial charge in [0.2, 0.25) is 5.76 Å². The van der Waals surface area contributed by atoms with Gasteiger partial charge in [-0.2, -0.15) is 0 Å². The Labute approximate surface area is 279 Å². The van der Waals surface area contributed by atoms with E-state index in [2.05, 4.69) is 60.4 Å². The molecule has 4 fully saturated rings. The fourth-order valence-electron chi connectivity index (χ4n) is 11.2. The molecule has 7 heteroatoms. The van der Waals surface area contributed by atoms with Crippen molar-refractivity contribution >= 4 is 5.97 Å². The second-order valence-corrected chi connectivity index (χ2v) is 15.4. The lowest BCUT2D eigenvalue weighted by molar-refractivity contribution is -0.133. The first-order chi connectivity index (χ1) is 23.0. The maximum atomic E-state index is 12.7. The first-order valence-electron chi connectivity index (χ1n) is 18.4. The van der Waals surface area contributed by atoms with Crippen molar-refractivity contribution in [1.29, 1.82) is 0 Å². The van der Waals surface area contributed by atoms with Gasteiger partial charge in [0.15, 0.2) is 11.5 Å². The molecule has 2 saturated heterocycles. The fourth-order valence-corrected chi connectivity index (χ4v) is 11.2. The lowest BCUT2D eigenvalue weighted by Crippen LogP contribution is -2.61. The van der Waals surface area contributed by atoms with Crippen LogP contribution in [0, 0.1) is 41.4 Å². The van der Waals surface area contributed by atoms with Crippen molar-refractivity contribution in [2.75, 3.05) is 20.3 Å². The maximum absolute atomic E-state index is 12.7. The predicted molar refractivity (Wildman–Crippen MR) is 178 cm³/mol. The van der Waals surface area contributed by atoms with Crippen molar-refractivity contribution in [1.82, 2.24) is 4.90 Å². The molecule has 0 aromatic heterocycles. The standard InChI is InChI=1S/C40H51NO6/c1-23-34-32-21-30-28(25-12-4-3-5-13-25)17-18-29(30)35(36(43)27-15-8-14-26(20-27)24-10-6-7-11-24)41(32)19-9-16-33(34)46-37(23)39-38(45-2)31(22-42)40(44)47-39/h3-5,8,12-13,15-16,23-24,26-30,32,34-36,42-43H,6-7,9-11,14,17-22H2,1-2H3/t23-,26-,27+,28-,29+,30+,32-,34+,35+,36+/m1/s1. The molecule has 7 aliphatic rings. The molecule has 10 atom stereocenters. The van der Waals surface area contributed by atoms with Crippen LogP contribution in [0.3, 0.4) is 0 Å². The van der Waals surface area contributed by atoms with Crippen molar-refractivity contribution in [3.05, 3.63) is 82.7 Å². The van der Waals surface area contributed by atoms with Gasteiger partial charge in [-0.15, -0.1) is 0 Å². The summed E-state index contributed by atoms with van der Waals surface area (Å²) in [5.41, 5.74) is 1.55. The lowest BCUT2D eigenvalue weighted by Gasteiger charge is -2.53. The molecule has 1 aromatic carbocycles. The number of hydrogen-bond donors (Lipinski definition) is 2. The number of nitrogens with zero attached hydrogens (tertiary/aromatic N) is 1. The highest BCUT2D eigenvalue weighted by Crippen LogP contribution is 2.57. The van der Waals surface area contributed by atoms with E-state index in [-0.39, 0.29) is 41.2 Å². The Hall–Kier alpha value is -2.87. The molecule has 2 saturated carbocycles. The van der Waals surface area contributed by atoms with E-state index in [0.717, 1.165) is 56.7 Å². The van der Waals surface area contributed by atoms with Crippen LogP contribution in [0.4, 0.5) is 0 Å². The van der Waals surface area contributed by atoms with Crippen LogP contribution in [0.15, 0.2) is 77.2 Å². The molecule has 0 unspecified atom stereocenters. The number of benzene rings is 1. The zero-order valence-electron chi connectivity index (χ0n) is 27.9. The maximum Gasteiger partial charge on any atom is 0.345 e. The van der Waals surface area contributed by atoms with E-state index in [1.54, 1.807) is 0 Å². The minimum atomic E-state index is -0.581. The highest BCUT2D eigenvalue weighted by atomic mass is 16.6. The van der Waals surface area contributed by atoms with E-state index in [1.807, 2.05) is 0 Å². The quantitative estimate of drug-likeness (QED) is 0.267. The molecule has 0 amide bonds. The molecule has 7 nitrogen and oxygen atoms in total. The molecule has 4 heterocycles. The number of allylic oxidation sites excluding steroid dienone is 2. The third kappa shape index (κ3) is 5.32. The first kappa shape index (κ1) is 31.4. The van der Waals surface area contributed by atoms with Gasteiger partial charge in [0.25, 0.3) is 0 Å². The van der Waals surface area contributed by atoms with Gasteiger partial charge in [-0.05, 0) is 79.8 Å². The number of carbonyl (C=O) groups excluding carboxylic acids is 1. The van der Waals surface area contributed by atoms with Gasteiger partial charge in [-0.1, -0.05) is 75.1 Å². The Kier molecular flexibility index (Phi) is 8.60. The highest BCUT2D eigenvalue weighted by molar-refractivity contribution is 5.94. The summed E-state index contributed by atoms with van der Waals surface area (Å²) in [6, 6.07) is 11.3. The van der Waals surface area contributed by atoms with Crippen LogP contribution in [-0.2, 0) is 19.0 Å². The highest BCUT2D eigenvalue weighted by Gasteiger charge is 2.57. The zero-order valence-corrected chi connectivity index (χ0v) is 27.9. The van der Waals surface area contributed by atoms with Crippen molar-refractivity contribution in [2.24, 2.45) is 41.4 Å². The van der Waals surface area contributed by atoms with Gasteiger partial charge in [-0.3, -0.25) is 4.90 Å². The smallest absolute Gasteiger partial charge is 0.345 e. The van der Waals surface area contributed by atoms with Crippen LogP contribution >= 0.6 is 0 Å². The molecule has 0 spiro atoms. The summed E-state index contributed by atoms with van der Waals surface area (Å²) < 4.78 is 17.9. The van der Waals surface area contributed by atoms with Gasteiger partial charge in [0.1, 0.15) is 11.3 Å². The summed E-state index contributed by atoms with van der Waals surface area (Å²) in [5, 5.41) is 22.5. The number of carbonyl (C=O) groups is 1. The Morgan fingerprint density at radius 3 is 2.60 bits per heavy atom. The largest absolute Gasteiger partial charge is 0.492 e. The number of aliphatic hydroxyl groups excluding tert-OH is 2. The number of esters is 1. The van der Waals surface area contributed by atoms with Gasteiger partial charge in [0, 0.05) is 36.4 Å². The molecule has 3 aliphatic carbocycles. The Morgan fingerprint density at radius 1 is 1.02 bits per heavy atom. The number of methoxy groups -OCH3 is 1. The summed E-state index contributed by atoms with van der Waals surface area (Å²) in [6.45, 7) is 2.63. The van der Waals surface area contributed by atoms with Gasteiger partial charge in [-0.25, -0.2) is 4.79 Å². The van der Waals surface area contributed by atoms with Crippen LogP contribution in [-0.4, -0.2) is 59.5 Å². The number of fused-ring (bicyclic) bond motifs is 4. The molecule has 2 N–H and O–H groups in total. The summed E-state index contributed by atoms with van der Waals surface area (Å²) in [4.78, 5) is 15.3. The molecule has 1 aromatic rings. The average molecular weight is 642 g/mol. The second kappa shape index (κ2) is 12.9. The molecule has 0 bridgehead atoms. The van der Waals surface area contributed by atoms with Crippen LogP contribution in [0.1, 0.15) is 82.6 Å². The normalized spacial score (nSPS) is 39.5. The van der Waals surface area contributed by atoms with Crippen molar-refractivity contribution in [3.8, 4) is 0 Å². The molecular formula is C40H51NO6. The third-order valence-electron chi connectivity index (χ3n) is 13.3. The fraction of sp³-hybridized carbons (Fsp3) is 0.625. The van der Waals surface area contributed by atoms with Gasteiger partial charge < -0.3 is 24.4 Å². The molecule has 0 radical (unpaired) electrons. The molecule has 4 aliphatic heterocycles. The summed E-state index contributed by atoms with van der Waals surface area (Å²) in [6.07, 6.45) is 18.4. The van der Waals surface area contributed by atoms with Crippen molar-refractivity contribution in [3.63, 3.8) is 0 Å². The average Bonchev–Trinajstić information content (AvgIpc) is 3.88. The Bertz CT molecular complexity index is 1470. The predicted octanol–water partition coefficient (Wildman–Crippen LogP) is 6.60. The van der Waals surface area contributed by atoms with E-state index >= 15 is 0 Å². The Morgan fingerprint density at radius 2 is 1.83 bits per heavy atom. The topological polar surface area (TPSA) is 88.5 Å². The monoisotopic (exact) mass is 641 g/mol. The number of piperidine rings is 1. The molecule has 252 valence electrons. The molecular weight excluding hydrogens is 590 g/mol. The third-order valence-corrected chi connectivity index (χ3v) is 13.3. The van der Waals surface area contributed by atoms with E-state index in [4.69, 9.17) is 14.2 Å². The summed E-state index contributed by atoms with van der Waals surface area (Å²) >= 11 is 0. The summed E-state index contributed by atoms with van der Waals surface area (Å²) in [7, 11) is 1.50. The molecule has 47 heavy (non-hydrogen) atoms. The first-order valence-corrected chi connectivity index (χ1v) is 18.4. The SMILES string of the molecule is COC1=C(CO)C(=O)OC1=C1OC2=CCCN3[C@H]([C@@H](O)[C@H]4C=CC[C@@H](C5CCCC5)C4)[C@H]4CC[C@H](c5ccccc5)[C@@H]4C[C@@H]3[C@@H]2[C@H]1C. The Balaban J connectivity index is 1.16. The molecule has 8 rings (SSSR count). The van der Waals surface area contributed by atoms with Gasteiger partial charge >= 0.3 is 5.97 Å². The number of aliphatic hydroxyl groups is 2. The summed E-state index contributed by atoms with van der Waals surface area (Å²) in [5.74, 6) is 4.61. The van der Waals surface area contributed by atoms with E-state index in [9.17, 15) is 15.0 Å². The van der Waals surface area contributed by atoms with Crippen molar-refractivity contribution in [2.45, 2.75) is 95.2 Å². The van der Waals surface area contributed by atoms with Crippen LogP contribution < -0.4 is 0 Å². The van der Waals surface area contributed by atoms with Crippen LogP contribution in [0.2, 0.25) is 0 Å². The van der Waals surface area contributed by atoms with E-state index in [0.29, 0.717) is 35.2 Å².